The Bertz CT molecular complexity index is 339. The van der Waals surface area contributed by atoms with Crippen LogP contribution >= 0.6 is 23.2 Å². The van der Waals surface area contributed by atoms with Gasteiger partial charge in [-0.05, 0) is 6.92 Å². The van der Waals surface area contributed by atoms with Crippen molar-refractivity contribution in [1.29, 1.82) is 0 Å². The predicted octanol–water partition coefficient (Wildman–Crippen LogP) is 1.76. The summed E-state index contributed by atoms with van der Waals surface area (Å²) in [5.74, 6) is -0.351. The molecule has 1 amide bonds. The zero-order valence-corrected chi connectivity index (χ0v) is 9.47. The lowest BCUT2D eigenvalue weighted by molar-refractivity contribution is -0.120. The van der Waals surface area contributed by atoms with Crippen LogP contribution in [0.15, 0.2) is 6.33 Å². The number of hydrogen-bond donors (Lipinski definition) is 1. The highest BCUT2D eigenvalue weighted by molar-refractivity contribution is 6.38. The van der Waals surface area contributed by atoms with Gasteiger partial charge in [0.1, 0.15) is 18.6 Å². The Morgan fingerprint density at radius 3 is 2.60 bits per heavy atom. The van der Waals surface area contributed by atoms with Gasteiger partial charge in [0, 0.05) is 6.61 Å². The van der Waals surface area contributed by atoms with Crippen LogP contribution in [0.3, 0.4) is 0 Å². The van der Waals surface area contributed by atoms with Gasteiger partial charge in [0.05, 0.1) is 0 Å². The monoisotopic (exact) mass is 249 g/mol. The van der Waals surface area contributed by atoms with Crippen LogP contribution in [0.25, 0.3) is 0 Å². The molecular weight excluding hydrogens is 241 g/mol. The van der Waals surface area contributed by atoms with E-state index >= 15 is 0 Å². The molecule has 0 aromatic carbocycles. The standard InChI is InChI=1S/C8H9Cl2N3O2/c1-2-15-3-5(14)13-6-7(9)11-4-12-8(6)10/h4H,2-3H2,1H3,(H,13,14). The van der Waals surface area contributed by atoms with Crippen LogP contribution in [0.2, 0.25) is 10.3 Å². The molecular formula is C8H9Cl2N3O2. The number of nitrogens with zero attached hydrogens (tertiary/aromatic N) is 2. The molecule has 0 spiro atoms. The number of rotatable bonds is 4. The average molecular weight is 250 g/mol. The number of aromatic nitrogens is 2. The van der Waals surface area contributed by atoms with E-state index in [4.69, 9.17) is 27.9 Å². The van der Waals surface area contributed by atoms with Crippen molar-refractivity contribution < 1.29 is 9.53 Å². The SMILES string of the molecule is CCOCC(=O)Nc1c(Cl)ncnc1Cl. The average Bonchev–Trinajstić information content (AvgIpc) is 2.21. The smallest absolute Gasteiger partial charge is 0.250 e. The lowest BCUT2D eigenvalue weighted by Crippen LogP contribution is -2.19. The van der Waals surface area contributed by atoms with E-state index in [1.807, 2.05) is 0 Å². The Morgan fingerprint density at radius 1 is 1.47 bits per heavy atom. The second-order valence-corrected chi connectivity index (χ2v) is 3.23. The zero-order chi connectivity index (χ0) is 11.3. The first-order valence-electron chi connectivity index (χ1n) is 4.18. The highest BCUT2D eigenvalue weighted by atomic mass is 35.5. The molecule has 0 saturated heterocycles. The van der Waals surface area contributed by atoms with Gasteiger partial charge in [0.15, 0.2) is 10.3 Å². The maximum atomic E-state index is 11.3. The summed E-state index contributed by atoms with van der Waals surface area (Å²) in [7, 11) is 0. The van der Waals surface area contributed by atoms with Crippen LogP contribution in [0.4, 0.5) is 5.69 Å². The largest absolute Gasteiger partial charge is 0.372 e. The molecule has 0 fully saturated rings. The maximum absolute atomic E-state index is 11.3. The van der Waals surface area contributed by atoms with E-state index in [1.54, 1.807) is 6.92 Å². The van der Waals surface area contributed by atoms with E-state index in [-0.39, 0.29) is 28.5 Å². The molecule has 15 heavy (non-hydrogen) atoms. The second kappa shape index (κ2) is 5.85. The molecule has 0 saturated carbocycles. The van der Waals surface area contributed by atoms with Crippen molar-refractivity contribution in [3.8, 4) is 0 Å². The molecule has 82 valence electrons. The van der Waals surface area contributed by atoms with Crippen LogP contribution in [-0.4, -0.2) is 29.1 Å². The highest BCUT2D eigenvalue weighted by Crippen LogP contribution is 2.25. The highest BCUT2D eigenvalue weighted by Gasteiger charge is 2.11. The maximum Gasteiger partial charge on any atom is 0.250 e. The zero-order valence-electron chi connectivity index (χ0n) is 7.96. The summed E-state index contributed by atoms with van der Waals surface area (Å²) in [5, 5.41) is 2.65. The van der Waals surface area contributed by atoms with Gasteiger partial charge in [-0.3, -0.25) is 4.79 Å². The van der Waals surface area contributed by atoms with Crippen molar-refractivity contribution in [1.82, 2.24) is 9.97 Å². The van der Waals surface area contributed by atoms with Crippen molar-refractivity contribution in [3.63, 3.8) is 0 Å². The van der Waals surface area contributed by atoms with E-state index in [0.29, 0.717) is 6.61 Å². The summed E-state index contributed by atoms with van der Waals surface area (Å²) < 4.78 is 4.91. The number of hydrogen-bond acceptors (Lipinski definition) is 4. The van der Waals surface area contributed by atoms with Gasteiger partial charge >= 0.3 is 0 Å². The third-order valence-electron chi connectivity index (χ3n) is 1.46. The Morgan fingerprint density at radius 2 is 2.07 bits per heavy atom. The molecule has 5 nitrogen and oxygen atoms in total. The molecule has 1 N–H and O–H groups in total. The molecule has 1 aromatic heterocycles. The summed E-state index contributed by atoms with van der Waals surface area (Å²) in [6.07, 6.45) is 1.21. The molecule has 7 heteroatoms. The van der Waals surface area contributed by atoms with Gasteiger partial charge in [-0.25, -0.2) is 9.97 Å². The van der Waals surface area contributed by atoms with E-state index in [1.165, 1.54) is 6.33 Å². The van der Waals surface area contributed by atoms with Crippen molar-refractivity contribution in [2.24, 2.45) is 0 Å². The van der Waals surface area contributed by atoms with Crippen LogP contribution in [0.1, 0.15) is 6.92 Å². The fourth-order valence-corrected chi connectivity index (χ4v) is 1.23. The van der Waals surface area contributed by atoms with Crippen molar-refractivity contribution in [2.75, 3.05) is 18.5 Å². The number of halogens is 2. The molecule has 0 aliphatic rings. The van der Waals surface area contributed by atoms with Gasteiger partial charge in [-0.1, -0.05) is 23.2 Å². The van der Waals surface area contributed by atoms with Gasteiger partial charge in [0.2, 0.25) is 0 Å². The Labute approximate surface area is 96.8 Å². The van der Waals surface area contributed by atoms with Crippen molar-refractivity contribution in [2.45, 2.75) is 6.92 Å². The Kier molecular flexibility index (Phi) is 4.74. The minimum atomic E-state index is -0.351. The van der Waals surface area contributed by atoms with Gasteiger partial charge in [0.25, 0.3) is 5.91 Å². The molecule has 1 heterocycles. The minimum Gasteiger partial charge on any atom is -0.372 e. The molecule has 0 aliphatic heterocycles. The minimum absolute atomic E-state index is 0.0575. The summed E-state index contributed by atoms with van der Waals surface area (Å²) in [6, 6.07) is 0. The Hall–Kier alpha value is -0.910. The molecule has 1 rings (SSSR count). The third-order valence-corrected chi connectivity index (χ3v) is 2.03. The number of amides is 1. The van der Waals surface area contributed by atoms with Crippen LogP contribution < -0.4 is 5.32 Å². The van der Waals surface area contributed by atoms with E-state index in [9.17, 15) is 4.79 Å². The van der Waals surface area contributed by atoms with Gasteiger partial charge in [-0.2, -0.15) is 0 Å². The summed E-state index contributed by atoms with van der Waals surface area (Å²) in [5.41, 5.74) is 0.200. The molecule has 0 bridgehead atoms. The lowest BCUT2D eigenvalue weighted by Gasteiger charge is -2.07. The first kappa shape index (κ1) is 12.2. The third kappa shape index (κ3) is 3.62. The van der Waals surface area contributed by atoms with E-state index in [2.05, 4.69) is 15.3 Å². The molecule has 0 aliphatic carbocycles. The van der Waals surface area contributed by atoms with Gasteiger partial charge < -0.3 is 10.1 Å². The second-order valence-electron chi connectivity index (χ2n) is 2.52. The van der Waals surface area contributed by atoms with E-state index < -0.39 is 0 Å². The first-order chi connectivity index (χ1) is 7.15. The number of nitrogens with one attached hydrogen (secondary N) is 1. The fraction of sp³-hybridized carbons (Fsp3) is 0.375. The normalized spacial score (nSPS) is 10.1. The lowest BCUT2D eigenvalue weighted by atomic mass is 10.5. The number of anilines is 1. The summed E-state index contributed by atoms with van der Waals surface area (Å²) in [4.78, 5) is 18.6. The molecule has 0 radical (unpaired) electrons. The fourth-order valence-electron chi connectivity index (χ4n) is 0.818. The van der Waals surface area contributed by atoms with Crippen LogP contribution in [0, 0.1) is 0 Å². The molecule has 1 aromatic rings. The van der Waals surface area contributed by atoms with E-state index in [0.717, 1.165) is 0 Å². The number of carbonyl (C=O) groups excluding carboxylic acids is 1. The Balaban J connectivity index is 2.68. The first-order valence-corrected chi connectivity index (χ1v) is 4.94. The van der Waals surface area contributed by atoms with Crippen LogP contribution in [0.5, 0.6) is 0 Å². The quantitative estimate of drug-likeness (QED) is 0.827. The molecule has 0 unspecified atom stereocenters. The number of carbonyl (C=O) groups is 1. The summed E-state index contributed by atoms with van der Waals surface area (Å²) >= 11 is 11.4. The predicted molar refractivity (Wildman–Crippen MR) is 57.2 cm³/mol. The van der Waals surface area contributed by atoms with Crippen molar-refractivity contribution >= 4 is 34.8 Å². The topological polar surface area (TPSA) is 64.1 Å². The molecule has 0 atom stereocenters. The van der Waals surface area contributed by atoms with Crippen molar-refractivity contribution in [3.05, 3.63) is 16.6 Å². The van der Waals surface area contributed by atoms with Crippen LogP contribution in [-0.2, 0) is 9.53 Å². The number of ether oxygens (including phenoxy) is 1. The summed E-state index contributed by atoms with van der Waals surface area (Å²) in [6.45, 7) is 2.19. The van der Waals surface area contributed by atoms with Gasteiger partial charge in [-0.15, -0.1) is 0 Å².